The second kappa shape index (κ2) is 8.21. The van der Waals surface area contributed by atoms with Crippen LogP contribution in [0.1, 0.15) is 16.3 Å². The highest BCUT2D eigenvalue weighted by atomic mass is 35.5. The highest BCUT2D eigenvalue weighted by Gasteiger charge is 2.19. The lowest BCUT2D eigenvalue weighted by Crippen LogP contribution is -2.33. The Hall–Kier alpha value is -1.93. The Balaban J connectivity index is 2.00. The van der Waals surface area contributed by atoms with Crippen molar-refractivity contribution >= 4 is 56.3 Å². The summed E-state index contributed by atoms with van der Waals surface area (Å²) < 4.78 is 1.43. The van der Waals surface area contributed by atoms with Crippen molar-refractivity contribution in [2.45, 2.75) is 26.9 Å². The molecule has 0 saturated heterocycles. The van der Waals surface area contributed by atoms with Crippen LogP contribution in [0.2, 0.25) is 10.0 Å². The molecular formula is C19H20Cl2N4O2S. The molecule has 0 saturated carbocycles. The number of rotatable bonds is 5. The van der Waals surface area contributed by atoms with Crippen LogP contribution in [-0.2, 0) is 17.9 Å². The van der Waals surface area contributed by atoms with E-state index in [0.717, 1.165) is 10.4 Å². The number of thiophene rings is 1. The Labute approximate surface area is 176 Å². The zero-order valence-corrected chi connectivity index (χ0v) is 18.3. The molecule has 1 amide bonds. The van der Waals surface area contributed by atoms with Gasteiger partial charge in [0.05, 0.1) is 22.6 Å². The first-order valence-electron chi connectivity index (χ1n) is 8.56. The molecule has 0 aliphatic rings. The van der Waals surface area contributed by atoms with Gasteiger partial charge in [-0.25, -0.2) is 4.98 Å². The maximum atomic E-state index is 13.2. The predicted molar refractivity (Wildman–Crippen MR) is 116 cm³/mol. The van der Waals surface area contributed by atoms with Crippen molar-refractivity contribution < 1.29 is 4.79 Å². The molecule has 0 spiro atoms. The SMILES string of the molecule is Cc1sc2nc(CN(C)C)n(CC(=O)Nc3ccc(Cl)cc3Cl)c(=O)c2c1C. The van der Waals surface area contributed by atoms with E-state index in [1.165, 1.54) is 15.9 Å². The lowest BCUT2D eigenvalue weighted by Gasteiger charge is -2.16. The smallest absolute Gasteiger partial charge is 0.263 e. The van der Waals surface area contributed by atoms with Crippen LogP contribution in [0, 0.1) is 13.8 Å². The van der Waals surface area contributed by atoms with E-state index in [-0.39, 0.29) is 18.0 Å². The molecule has 28 heavy (non-hydrogen) atoms. The van der Waals surface area contributed by atoms with Gasteiger partial charge in [-0.15, -0.1) is 11.3 Å². The maximum Gasteiger partial charge on any atom is 0.263 e. The molecule has 2 heterocycles. The second-order valence-electron chi connectivity index (χ2n) is 6.79. The molecule has 0 fully saturated rings. The minimum absolute atomic E-state index is 0.155. The first-order valence-corrected chi connectivity index (χ1v) is 10.1. The molecule has 148 valence electrons. The summed E-state index contributed by atoms with van der Waals surface area (Å²) in [5.74, 6) is 0.179. The third-order valence-corrected chi connectivity index (χ3v) is 5.98. The molecule has 0 radical (unpaired) electrons. The van der Waals surface area contributed by atoms with Crippen LogP contribution in [0.15, 0.2) is 23.0 Å². The quantitative estimate of drug-likeness (QED) is 0.651. The lowest BCUT2D eigenvalue weighted by molar-refractivity contribution is -0.116. The van der Waals surface area contributed by atoms with Crippen molar-refractivity contribution in [1.29, 1.82) is 0 Å². The number of benzene rings is 1. The van der Waals surface area contributed by atoms with E-state index >= 15 is 0 Å². The van der Waals surface area contributed by atoms with Gasteiger partial charge in [0, 0.05) is 9.90 Å². The molecule has 6 nitrogen and oxygen atoms in total. The van der Waals surface area contributed by atoms with E-state index in [0.29, 0.717) is 38.3 Å². The van der Waals surface area contributed by atoms with Crippen LogP contribution in [0.25, 0.3) is 10.2 Å². The molecular weight excluding hydrogens is 419 g/mol. The third-order valence-electron chi connectivity index (χ3n) is 4.33. The summed E-state index contributed by atoms with van der Waals surface area (Å²) in [5, 5.41) is 4.12. The lowest BCUT2D eigenvalue weighted by atomic mass is 10.2. The van der Waals surface area contributed by atoms with E-state index in [1.54, 1.807) is 18.2 Å². The van der Waals surface area contributed by atoms with Crippen molar-refractivity contribution in [3.63, 3.8) is 0 Å². The average molecular weight is 439 g/mol. The van der Waals surface area contributed by atoms with Crippen LogP contribution in [0.4, 0.5) is 5.69 Å². The van der Waals surface area contributed by atoms with Crippen LogP contribution in [0.3, 0.4) is 0 Å². The number of halogens is 2. The Morgan fingerprint density at radius 1 is 1.29 bits per heavy atom. The van der Waals surface area contributed by atoms with Gasteiger partial charge < -0.3 is 10.2 Å². The maximum absolute atomic E-state index is 13.2. The van der Waals surface area contributed by atoms with Gasteiger partial charge in [-0.2, -0.15) is 0 Å². The Morgan fingerprint density at radius 2 is 2.00 bits per heavy atom. The van der Waals surface area contributed by atoms with Gasteiger partial charge in [0.2, 0.25) is 5.91 Å². The zero-order valence-electron chi connectivity index (χ0n) is 16.0. The number of amides is 1. The summed E-state index contributed by atoms with van der Waals surface area (Å²) in [6, 6.07) is 4.81. The normalized spacial score (nSPS) is 11.4. The minimum atomic E-state index is -0.364. The number of fused-ring (bicyclic) bond motifs is 1. The fourth-order valence-corrected chi connectivity index (χ4v) is 4.35. The largest absolute Gasteiger partial charge is 0.323 e. The zero-order chi connectivity index (χ0) is 20.6. The number of carbonyl (C=O) groups excluding carboxylic acids is 1. The number of nitrogens with one attached hydrogen (secondary N) is 1. The Morgan fingerprint density at radius 3 is 2.64 bits per heavy atom. The first-order chi connectivity index (χ1) is 13.2. The molecule has 9 heteroatoms. The van der Waals surface area contributed by atoms with Crippen LogP contribution in [-0.4, -0.2) is 34.5 Å². The van der Waals surface area contributed by atoms with E-state index in [1.807, 2.05) is 32.8 Å². The molecule has 2 aromatic heterocycles. The van der Waals surface area contributed by atoms with Crippen molar-refractivity contribution in [2.24, 2.45) is 0 Å². The van der Waals surface area contributed by atoms with Crippen molar-refractivity contribution in [2.75, 3.05) is 19.4 Å². The number of anilines is 1. The second-order valence-corrected chi connectivity index (χ2v) is 8.84. The third kappa shape index (κ3) is 4.22. The molecule has 0 bridgehead atoms. The number of carbonyl (C=O) groups is 1. The summed E-state index contributed by atoms with van der Waals surface area (Å²) >= 11 is 13.5. The number of nitrogens with zero attached hydrogens (tertiary/aromatic N) is 3. The van der Waals surface area contributed by atoms with Crippen LogP contribution < -0.4 is 10.9 Å². The van der Waals surface area contributed by atoms with E-state index in [9.17, 15) is 9.59 Å². The highest BCUT2D eigenvalue weighted by molar-refractivity contribution is 7.18. The fourth-order valence-electron chi connectivity index (χ4n) is 2.86. The summed E-state index contributed by atoms with van der Waals surface area (Å²) in [4.78, 5) is 34.1. The van der Waals surface area contributed by atoms with E-state index in [2.05, 4.69) is 10.3 Å². The molecule has 3 rings (SSSR count). The van der Waals surface area contributed by atoms with Crippen molar-refractivity contribution in [3.8, 4) is 0 Å². The molecule has 0 aliphatic heterocycles. The number of aryl methyl sites for hydroxylation is 2. The monoisotopic (exact) mass is 438 g/mol. The molecule has 0 aliphatic carbocycles. The molecule has 0 atom stereocenters. The average Bonchev–Trinajstić information content (AvgIpc) is 2.87. The minimum Gasteiger partial charge on any atom is -0.323 e. The van der Waals surface area contributed by atoms with E-state index in [4.69, 9.17) is 23.2 Å². The highest BCUT2D eigenvalue weighted by Crippen LogP contribution is 2.27. The van der Waals surface area contributed by atoms with Crippen molar-refractivity contribution in [1.82, 2.24) is 14.5 Å². The van der Waals surface area contributed by atoms with E-state index < -0.39 is 0 Å². The number of hydrogen-bond acceptors (Lipinski definition) is 5. The Bertz CT molecular complexity index is 1120. The summed E-state index contributed by atoms with van der Waals surface area (Å²) in [6.45, 7) is 4.15. The topological polar surface area (TPSA) is 67.2 Å². The van der Waals surface area contributed by atoms with Gasteiger partial charge in [0.1, 0.15) is 17.2 Å². The predicted octanol–water partition coefficient (Wildman–Crippen LogP) is 4.08. The summed E-state index contributed by atoms with van der Waals surface area (Å²) in [6.07, 6.45) is 0. The number of hydrogen-bond donors (Lipinski definition) is 1. The van der Waals surface area contributed by atoms with Gasteiger partial charge >= 0.3 is 0 Å². The fraction of sp³-hybridized carbons (Fsp3) is 0.316. The van der Waals surface area contributed by atoms with Crippen LogP contribution >= 0.6 is 34.5 Å². The van der Waals surface area contributed by atoms with Crippen LogP contribution in [0.5, 0.6) is 0 Å². The molecule has 1 N–H and O–H groups in total. The molecule has 1 aromatic carbocycles. The van der Waals surface area contributed by atoms with Gasteiger partial charge in [-0.05, 0) is 51.7 Å². The summed E-state index contributed by atoms with van der Waals surface area (Å²) in [7, 11) is 3.78. The first kappa shape index (κ1) is 20.8. The standard InChI is InChI=1S/C19H20Cl2N4O2S/c1-10-11(2)28-18-17(10)19(27)25(15(23-18)8-24(3)4)9-16(26)22-14-6-5-12(20)7-13(14)21/h5-7H,8-9H2,1-4H3,(H,22,26). The molecule has 0 unspecified atom stereocenters. The van der Waals surface area contributed by atoms with Crippen molar-refractivity contribution in [3.05, 3.63) is 54.9 Å². The van der Waals surface area contributed by atoms with Gasteiger partial charge in [0.25, 0.3) is 5.56 Å². The summed E-state index contributed by atoms with van der Waals surface area (Å²) in [5.41, 5.74) is 1.14. The number of aromatic nitrogens is 2. The van der Waals surface area contributed by atoms with Gasteiger partial charge in [0.15, 0.2) is 0 Å². The van der Waals surface area contributed by atoms with Gasteiger partial charge in [-0.1, -0.05) is 23.2 Å². The van der Waals surface area contributed by atoms with Gasteiger partial charge in [-0.3, -0.25) is 14.2 Å². The Kier molecular flexibility index (Phi) is 6.09. The molecule has 3 aromatic rings.